The van der Waals surface area contributed by atoms with Gasteiger partial charge in [0.2, 0.25) is 5.91 Å². The van der Waals surface area contributed by atoms with E-state index in [2.05, 4.69) is 13.8 Å². The SMILES string of the molecule is CCC(N)CC(=O)N1CCC(C)(C)C1. The van der Waals surface area contributed by atoms with Crippen LogP contribution in [-0.4, -0.2) is 29.9 Å². The summed E-state index contributed by atoms with van der Waals surface area (Å²) in [7, 11) is 0. The summed E-state index contributed by atoms with van der Waals surface area (Å²) in [5.74, 6) is 0.227. The Morgan fingerprint density at radius 2 is 2.21 bits per heavy atom. The number of carbonyl (C=O) groups excluding carboxylic acids is 1. The van der Waals surface area contributed by atoms with Crippen LogP contribution in [0.5, 0.6) is 0 Å². The van der Waals surface area contributed by atoms with E-state index < -0.39 is 0 Å². The molecule has 0 aromatic carbocycles. The van der Waals surface area contributed by atoms with Gasteiger partial charge in [0.15, 0.2) is 0 Å². The predicted molar refractivity (Wildman–Crippen MR) is 57.9 cm³/mol. The third kappa shape index (κ3) is 2.98. The highest BCUT2D eigenvalue weighted by molar-refractivity contribution is 5.77. The lowest BCUT2D eigenvalue weighted by molar-refractivity contribution is -0.130. The van der Waals surface area contributed by atoms with E-state index >= 15 is 0 Å². The van der Waals surface area contributed by atoms with Gasteiger partial charge in [0, 0.05) is 25.6 Å². The first-order valence-electron chi connectivity index (χ1n) is 5.48. The van der Waals surface area contributed by atoms with Gasteiger partial charge in [-0.1, -0.05) is 20.8 Å². The van der Waals surface area contributed by atoms with E-state index in [9.17, 15) is 4.79 Å². The van der Waals surface area contributed by atoms with Crippen molar-refractivity contribution in [2.24, 2.45) is 11.1 Å². The molecule has 1 aliphatic heterocycles. The summed E-state index contributed by atoms with van der Waals surface area (Å²) in [6.07, 6.45) is 2.50. The van der Waals surface area contributed by atoms with Crippen molar-refractivity contribution in [3.05, 3.63) is 0 Å². The summed E-state index contributed by atoms with van der Waals surface area (Å²) in [5.41, 5.74) is 6.06. The van der Waals surface area contributed by atoms with Crippen molar-refractivity contribution in [3.8, 4) is 0 Å². The third-order valence-corrected chi connectivity index (χ3v) is 2.99. The predicted octanol–water partition coefficient (Wildman–Crippen LogP) is 1.37. The maximum absolute atomic E-state index is 11.7. The molecule has 1 amide bonds. The fraction of sp³-hybridized carbons (Fsp3) is 0.909. The van der Waals surface area contributed by atoms with Crippen molar-refractivity contribution in [1.82, 2.24) is 4.90 Å². The molecular weight excluding hydrogens is 176 g/mol. The first kappa shape index (κ1) is 11.5. The largest absolute Gasteiger partial charge is 0.342 e. The number of amides is 1. The fourth-order valence-corrected chi connectivity index (χ4v) is 1.82. The molecule has 0 radical (unpaired) electrons. The van der Waals surface area contributed by atoms with Gasteiger partial charge >= 0.3 is 0 Å². The summed E-state index contributed by atoms with van der Waals surface area (Å²) in [4.78, 5) is 13.7. The van der Waals surface area contributed by atoms with Crippen LogP contribution in [0, 0.1) is 5.41 Å². The Kier molecular flexibility index (Phi) is 3.53. The molecule has 1 fully saturated rings. The van der Waals surface area contributed by atoms with Crippen molar-refractivity contribution in [3.63, 3.8) is 0 Å². The van der Waals surface area contributed by atoms with Crippen LogP contribution in [0.3, 0.4) is 0 Å². The lowest BCUT2D eigenvalue weighted by Gasteiger charge is -2.21. The van der Waals surface area contributed by atoms with E-state index in [4.69, 9.17) is 5.73 Å². The number of rotatable bonds is 3. The first-order valence-corrected chi connectivity index (χ1v) is 5.48. The molecule has 0 bridgehead atoms. The fourth-order valence-electron chi connectivity index (χ4n) is 1.82. The van der Waals surface area contributed by atoms with Crippen molar-refractivity contribution in [1.29, 1.82) is 0 Å². The number of nitrogens with zero attached hydrogens (tertiary/aromatic N) is 1. The highest BCUT2D eigenvalue weighted by atomic mass is 16.2. The van der Waals surface area contributed by atoms with E-state index in [1.54, 1.807) is 0 Å². The van der Waals surface area contributed by atoms with Gasteiger partial charge in [-0.25, -0.2) is 0 Å². The molecule has 0 aromatic rings. The molecule has 1 rings (SSSR count). The highest BCUT2D eigenvalue weighted by Crippen LogP contribution is 2.29. The molecule has 1 unspecified atom stereocenters. The van der Waals surface area contributed by atoms with Gasteiger partial charge < -0.3 is 10.6 Å². The molecule has 0 saturated carbocycles. The molecule has 14 heavy (non-hydrogen) atoms. The summed E-state index contributed by atoms with van der Waals surface area (Å²) < 4.78 is 0. The van der Waals surface area contributed by atoms with E-state index in [-0.39, 0.29) is 11.9 Å². The van der Waals surface area contributed by atoms with E-state index in [0.717, 1.165) is 25.9 Å². The Hall–Kier alpha value is -0.570. The lowest BCUT2D eigenvalue weighted by Crippen LogP contribution is -2.35. The molecule has 0 aliphatic carbocycles. The maximum Gasteiger partial charge on any atom is 0.224 e. The second-order valence-electron chi connectivity index (χ2n) is 5.10. The van der Waals surface area contributed by atoms with Crippen LogP contribution in [0.4, 0.5) is 0 Å². The van der Waals surface area contributed by atoms with Crippen LogP contribution in [0.2, 0.25) is 0 Å². The zero-order chi connectivity index (χ0) is 10.8. The monoisotopic (exact) mass is 198 g/mol. The number of carbonyl (C=O) groups is 1. The minimum Gasteiger partial charge on any atom is -0.342 e. The zero-order valence-electron chi connectivity index (χ0n) is 9.55. The number of hydrogen-bond donors (Lipinski definition) is 1. The lowest BCUT2D eigenvalue weighted by atomic mass is 9.93. The Morgan fingerprint density at radius 1 is 1.57 bits per heavy atom. The number of hydrogen-bond acceptors (Lipinski definition) is 2. The average molecular weight is 198 g/mol. The molecule has 82 valence electrons. The Balaban J connectivity index is 2.40. The molecule has 3 heteroatoms. The molecule has 1 atom stereocenters. The topological polar surface area (TPSA) is 46.3 Å². The van der Waals surface area contributed by atoms with E-state index in [1.165, 1.54) is 0 Å². The molecule has 2 N–H and O–H groups in total. The second-order valence-corrected chi connectivity index (χ2v) is 5.10. The molecule has 1 heterocycles. The van der Waals surface area contributed by atoms with Crippen molar-refractivity contribution in [2.75, 3.05) is 13.1 Å². The Bertz CT molecular complexity index is 213. The third-order valence-electron chi connectivity index (χ3n) is 2.99. The van der Waals surface area contributed by atoms with Gasteiger partial charge in [-0.05, 0) is 18.3 Å². The Morgan fingerprint density at radius 3 is 2.64 bits per heavy atom. The van der Waals surface area contributed by atoms with Crippen LogP contribution >= 0.6 is 0 Å². The van der Waals surface area contributed by atoms with Gasteiger partial charge in [-0.3, -0.25) is 4.79 Å². The normalized spacial score (nSPS) is 22.4. The molecule has 1 aliphatic rings. The summed E-state index contributed by atoms with van der Waals surface area (Å²) >= 11 is 0. The van der Waals surface area contributed by atoms with E-state index in [1.807, 2.05) is 11.8 Å². The van der Waals surface area contributed by atoms with E-state index in [0.29, 0.717) is 11.8 Å². The molecule has 0 aromatic heterocycles. The maximum atomic E-state index is 11.7. The standard InChI is InChI=1S/C11H22N2O/c1-4-9(12)7-10(14)13-6-5-11(2,3)8-13/h9H,4-8,12H2,1-3H3. The molecule has 1 saturated heterocycles. The first-order chi connectivity index (χ1) is 6.44. The molecule has 0 spiro atoms. The van der Waals surface area contributed by atoms with Gasteiger partial charge in [-0.15, -0.1) is 0 Å². The Labute approximate surface area is 86.6 Å². The van der Waals surface area contributed by atoms with Crippen molar-refractivity contribution in [2.45, 2.75) is 46.1 Å². The highest BCUT2D eigenvalue weighted by Gasteiger charge is 2.31. The van der Waals surface area contributed by atoms with Crippen LogP contribution < -0.4 is 5.73 Å². The van der Waals surface area contributed by atoms with Crippen LogP contribution in [0.25, 0.3) is 0 Å². The van der Waals surface area contributed by atoms with Crippen LogP contribution in [-0.2, 0) is 4.79 Å². The quantitative estimate of drug-likeness (QED) is 0.744. The molecule has 3 nitrogen and oxygen atoms in total. The zero-order valence-corrected chi connectivity index (χ0v) is 9.55. The minimum atomic E-state index is 0.0335. The molecular formula is C11H22N2O. The summed E-state index contributed by atoms with van der Waals surface area (Å²) in [6.45, 7) is 8.23. The van der Waals surface area contributed by atoms with Crippen molar-refractivity contribution < 1.29 is 4.79 Å². The average Bonchev–Trinajstić information content (AvgIpc) is 2.46. The van der Waals surface area contributed by atoms with Crippen LogP contribution in [0.15, 0.2) is 0 Å². The smallest absolute Gasteiger partial charge is 0.224 e. The van der Waals surface area contributed by atoms with Gasteiger partial charge in [0.25, 0.3) is 0 Å². The summed E-state index contributed by atoms with van der Waals surface area (Å²) in [5, 5.41) is 0. The van der Waals surface area contributed by atoms with Gasteiger partial charge in [-0.2, -0.15) is 0 Å². The van der Waals surface area contributed by atoms with Gasteiger partial charge in [0.05, 0.1) is 0 Å². The van der Waals surface area contributed by atoms with Crippen LogP contribution in [0.1, 0.15) is 40.0 Å². The van der Waals surface area contributed by atoms with Gasteiger partial charge in [0.1, 0.15) is 0 Å². The second kappa shape index (κ2) is 4.30. The van der Waals surface area contributed by atoms with Crippen molar-refractivity contribution >= 4 is 5.91 Å². The summed E-state index contributed by atoms with van der Waals surface area (Å²) in [6, 6.07) is 0.0335. The number of likely N-dealkylation sites (tertiary alicyclic amines) is 1. The minimum absolute atomic E-state index is 0.0335. The number of nitrogens with two attached hydrogens (primary N) is 1.